The summed E-state index contributed by atoms with van der Waals surface area (Å²) in [7, 11) is 0. The van der Waals surface area contributed by atoms with Gasteiger partial charge in [-0.3, -0.25) is 9.59 Å². The third kappa shape index (κ3) is 3.11. The van der Waals surface area contributed by atoms with Crippen molar-refractivity contribution in [1.82, 2.24) is 4.90 Å². The molecule has 5 nitrogen and oxygen atoms in total. The van der Waals surface area contributed by atoms with Crippen LogP contribution < -0.4 is 5.73 Å². The maximum absolute atomic E-state index is 12.3. The Kier molecular flexibility index (Phi) is 4.62. The number of hydrogen-bond donors (Lipinski definition) is 2. The fourth-order valence-corrected chi connectivity index (χ4v) is 2.85. The summed E-state index contributed by atoms with van der Waals surface area (Å²) in [6.07, 6.45) is 1.32. The van der Waals surface area contributed by atoms with E-state index in [-0.39, 0.29) is 18.4 Å². The van der Waals surface area contributed by atoms with Crippen LogP contribution in [0.25, 0.3) is 0 Å². The Balaban J connectivity index is 2.17. The van der Waals surface area contributed by atoms with Crippen molar-refractivity contribution in [2.75, 3.05) is 6.54 Å². The lowest BCUT2D eigenvalue weighted by Gasteiger charge is -2.27. The van der Waals surface area contributed by atoms with E-state index in [1.54, 1.807) is 11.0 Å². The Labute approximate surface area is 122 Å². The molecule has 0 spiro atoms. The zero-order valence-corrected chi connectivity index (χ0v) is 11.7. The molecule has 2 unspecified atom stereocenters. The van der Waals surface area contributed by atoms with Crippen LogP contribution in [0.4, 0.5) is 0 Å². The Morgan fingerprint density at radius 2 is 2.15 bits per heavy atom. The Bertz CT molecular complexity index is 521. The summed E-state index contributed by atoms with van der Waals surface area (Å²) in [4.78, 5) is 24.6. The number of amides is 1. The molecule has 1 aliphatic rings. The minimum Gasteiger partial charge on any atom is -0.481 e. The molecule has 0 saturated carbocycles. The number of carboxylic acid groups (broad SMARTS) is 1. The number of carbonyl (C=O) groups is 2. The van der Waals surface area contributed by atoms with E-state index >= 15 is 0 Å². The molecule has 1 heterocycles. The highest BCUT2D eigenvalue weighted by Crippen LogP contribution is 2.35. The van der Waals surface area contributed by atoms with Crippen molar-refractivity contribution >= 4 is 23.5 Å². The molecule has 0 aliphatic carbocycles. The first-order chi connectivity index (χ1) is 9.50. The lowest BCUT2D eigenvalue weighted by molar-refractivity contribution is -0.142. The molecule has 1 saturated heterocycles. The van der Waals surface area contributed by atoms with E-state index in [9.17, 15) is 9.59 Å². The van der Waals surface area contributed by atoms with E-state index in [2.05, 4.69) is 0 Å². The lowest BCUT2D eigenvalue weighted by atomic mass is 10.0. The second-order valence-corrected chi connectivity index (χ2v) is 5.32. The first-order valence-corrected chi connectivity index (χ1v) is 6.90. The third-order valence-electron chi connectivity index (χ3n) is 3.51. The fourth-order valence-electron chi connectivity index (χ4n) is 2.59. The minimum absolute atomic E-state index is 0.115. The molecule has 0 radical (unpaired) electrons. The number of nitrogens with two attached hydrogens (primary N) is 1. The SMILES string of the molecule is NC(CC(=O)O)C(=O)N1CCCC1c1ccccc1Cl. The van der Waals surface area contributed by atoms with Crippen molar-refractivity contribution < 1.29 is 14.7 Å². The molecule has 1 aliphatic heterocycles. The van der Waals surface area contributed by atoms with Crippen molar-refractivity contribution in [2.24, 2.45) is 5.73 Å². The Morgan fingerprint density at radius 1 is 1.45 bits per heavy atom. The molecule has 1 fully saturated rings. The molecule has 2 atom stereocenters. The molecule has 6 heteroatoms. The lowest BCUT2D eigenvalue weighted by Crippen LogP contribution is -2.44. The maximum Gasteiger partial charge on any atom is 0.305 e. The van der Waals surface area contributed by atoms with Gasteiger partial charge in [-0.2, -0.15) is 0 Å². The Hall–Kier alpha value is -1.59. The number of rotatable bonds is 4. The van der Waals surface area contributed by atoms with Gasteiger partial charge in [-0.1, -0.05) is 29.8 Å². The van der Waals surface area contributed by atoms with E-state index in [0.717, 1.165) is 18.4 Å². The zero-order chi connectivity index (χ0) is 14.7. The van der Waals surface area contributed by atoms with Gasteiger partial charge in [0.2, 0.25) is 5.91 Å². The normalized spacial score (nSPS) is 19.9. The van der Waals surface area contributed by atoms with Crippen molar-refractivity contribution in [3.8, 4) is 0 Å². The number of likely N-dealkylation sites (tertiary alicyclic amines) is 1. The largest absolute Gasteiger partial charge is 0.481 e. The van der Waals surface area contributed by atoms with Crippen LogP contribution in [0, 0.1) is 0 Å². The maximum atomic E-state index is 12.3. The average Bonchev–Trinajstić information content (AvgIpc) is 2.86. The van der Waals surface area contributed by atoms with Gasteiger partial charge in [0.25, 0.3) is 0 Å². The van der Waals surface area contributed by atoms with E-state index in [0.29, 0.717) is 11.6 Å². The van der Waals surface area contributed by atoms with E-state index in [4.69, 9.17) is 22.4 Å². The molecule has 1 amide bonds. The van der Waals surface area contributed by atoms with Crippen molar-refractivity contribution in [2.45, 2.75) is 31.3 Å². The van der Waals surface area contributed by atoms with Gasteiger partial charge in [-0.25, -0.2) is 0 Å². The summed E-state index contributed by atoms with van der Waals surface area (Å²) in [5.41, 5.74) is 6.56. The summed E-state index contributed by atoms with van der Waals surface area (Å²) < 4.78 is 0. The molecule has 108 valence electrons. The molecular weight excluding hydrogens is 280 g/mol. The zero-order valence-electron chi connectivity index (χ0n) is 11.0. The van der Waals surface area contributed by atoms with Crippen LogP contribution in [-0.2, 0) is 9.59 Å². The standard InChI is InChI=1S/C14H17ClN2O3/c15-10-5-2-1-4-9(10)12-6-3-7-17(12)14(20)11(16)8-13(18)19/h1-2,4-5,11-12H,3,6-8,16H2,(H,18,19). The number of aliphatic carboxylic acids is 1. The van der Waals surface area contributed by atoms with E-state index in [1.807, 2.05) is 18.2 Å². The van der Waals surface area contributed by atoms with Gasteiger partial charge in [0, 0.05) is 11.6 Å². The Morgan fingerprint density at radius 3 is 2.80 bits per heavy atom. The highest BCUT2D eigenvalue weighted by molar-refractivity contribution is 6.31. The number of nitrogens with zero attached hydrogens (tertiary/aromatic N) is 1. The second-order valence-electron chi connectivity index (χ2n) is 4.92. The van der Waals surface area contributed by atoms with E-state index in [1.165, 1.54) is 0 Å². The van der Waals surface area contributed by atoms with Gasteiger partial charge in [0.15, 0.2) is 0 Å². The molecule has 1 aromatic carbocycles. The highest BCUT2D eigenvalue weighted by Gasteiger charge is 2.34. The molecular formula is C14H17ClN2O3. The summed E-state index contributed by atoms with van der Waals surface area (Å²) >= 11 is 6.17. The first kappa shape index (κ1) is 14.8. The van der Waals surface area contributed by atoms with Crippen LogP contribution in [-0.4, -0.2) is 34.5 Å². The van der Waals surface area contributed by atoms with Crippen LogP contribution in [0.5, 0.6) is 0 Å². The number of carbonyl (C=O) groups excluding carboxylic acids is 1. The predicted octanol–water partition coefficient (Wildman–Crippen LogP) is 1.81. The van der Waals surface area contributed by atoms with Crippen LogP contribution in [0.1, 0.15) is 30.9 Å². The third-order valence-corrected chi connectivity index (χ3v) is 3.86. The van der Waals surface area contributed by atoms with Gasteiger partial charge in [-0.15, -0.1) is 0 Å². The molecule has 1 aromatic rings. The van der Waals surface area contributed by atoms with Gasteiger partial charge >= 0.3 is 5.97 Å². The number of benzene rings is 1. The number of carboxylic acids is 1. The quantitative estimate of drug-likeness (QED) is 0.887. The molecule has 3 N–H and O–H groups in total. The van der Waals surface area contributed by atoms with Crippen LogP contribution in [0.2, 0.25) is 5.02 Å². The van der Waals surface area contributed by atoms with Gasteiger partial charge in [0.1, 0.15) is 0 Å². The van der Waals surface area contributed by atoms with Crippen LogP contribution in [0.15, 0.2) is 24.3 Å². The van der Waals surface area contributed by atoms with Gasteiger partial charge in [-0.05, 0) is 24.5 Å². The van der Waals surface area contributed by atoms with Crippen molar-refractivity contribution in [1.29, 1.82) is 0 Å². The van der Waals surface area contributed by atoms with Gasteiger partial charge in [0.05, 0.1) is 18.5 Å². The minimum atomic E-state index is -1.07. The molecule has 0 aromatic heterocycles. The highest BCUT2D eigenvalue weighted by atomic mass is 35.5. The van der Waals surface area contributed by atoms with Crippen molar-refractivity contribution in [3.05, 3.63) is 34.9 Å². The summed E-state index contributed by atoms with van der Waals surface area (Å²) in [6, 6.07) is 6.27. The second kappa shape index (κ2) is 6.24. The van der Waals surface area contributed by atoms with Crippen LogP contribution >= 0.6 is 11.6 Å². The average molecular weight is 297 g/mol. The smallest absolute Gasteiger partial charge is 0.305 e. The molecule has 2 rings (SSSR count). The van der Waals surface area contributed by atoms with E-state index < -0.39 is 12.0 Å². The molecule has 0 bridgehead atoms. The van der Waals surface area contributed by atoms with Crippen molar-refractivity contribution in [3.63, 3.8) is 0 Å². The van der Waals surface area contributed by atoms with Crippen LogP contribution in [0.3, 0.4) is 0 Å². The number of halogens is 1. The number of hydrogen-bond acceptors (Lipinski definition) is 3. The van der Waals surface area contributed by atoms with Gasteiger partial charge < -0.3 is 15.7 Å². The monoisotopic (exact) mass is 296 g/mol. The topological polar surface area (TPSA) is 83.6 Å². The first-order valence-electron chi connectivity index (χ1n) is 6.53. The summed E-state index contributed by atoms with van der Waals surface area (Å²) in [5, 5.41) is 9.35. The fraction of sp³-hybridized carbons (Fsp3) is 0.429. The molecule has 20 heavy (non-hydrogen) atoms. The predicted molar refractivity (Wildman–Crippen MR) is 75.4 cm³/mol. The summed E-state index contributed by atoms with van der Waals surface area (Å²) in [6.45, 7) is 0.585. The summed E-state index contributed by atoms with van der Waals surface area (Å²) in [5.74, 6) is -1.39.